The Morgan fingerprint density at radius 1 is 0.939 bits per heavy atom. The largest absolute Gasteiger partial charge is 0.495 e. The van der Waals surface area contributed by atoms with E-state index in [1.807, 2.05) is 30.3 Å². The summed E-state index contributed by atoms with van der Waals surface area (Å²) in [5.74, 6) is 0.159. The van der Waals surface area contributed by atoms with Crippen LogP contribution in [0.3, 0.4) is 0 Å². The van der Waals surface area contributed by atoms with Crippen LogP contribution in [0.15, 0.2) is 77.7 Å². The van der Waals surface area contributed by atoms with Gasteiger partial charge in [0, 0.05) is 18.7 Å². The summed E-state index contributed by atoms with van der Waals surface area (Å²) in [6, 6.07) is 20.6. The maximum atomic E-state index is 13.3. The first-order valence-electron chi connectivity index (χ1n) is 10.2. The highest BCUT2D eigenvalue weighted by Crippen LogP contribution is 2.35. The molecular formula is C24H25ClN2O5S. The van der Waals surface area contributed by atoms with E-state index in [9.17, 15) is 13.2 Å². The average molecular weight is 489 g/mol. The number of amides is 1. The smallest absolute Gasteiger partial charge is 0.243 e. The van der Waals surface area contributed by atoms with Crippen molar-refractivity contribution in [1.29, 1.82) is 0 Å². The molecule has 1 amide bonds. The quantitative estimate of drug-likeness (QED) is 0.461. The molecule has 33 heavy (non-hydrogen) atoms. The molecule has 3 aromatic rings. The van der Waals surface area contributed by atoms with Crippen LogP contribution in [0.1, 0.15) is 5.56 Å². The summed E-state index contributed by atoms with van der Waals surface area (Å²) in [4.78, 5) is 13.0. The molecule has 0 aromatic heterocycles. The molecular weight excluding hydrogens is 464 g/mol. The third-order valence-corrected chi connectivity index (χ3v) is 7.10. The Hall–Kier alpha value is -3.07. The van der Waals surface area contributed by atoms with Crippen molar-refractivity contribution in [3.8, 4) is 11.5 Å². The second-order valence-electron chi connectivity index (χ2n) is 7.12. The standard InChI is InChI=1S/C24H25ClN2O5S/c1-31-22-16-21(23(32-2)15-20(22)25)26-24(28)17-27(14-13-18-9-5-3-6-10-18)33(29,30)19-11-7-4-8-12-19/h3-12,15-16H,13-14,17H2,1-2H3,(H,26,28). The molecule has 0 spiro atoms. The van der Waals surface area contributed by atoms with Crippen molar-refractivity contribution in [2.45, 2.75) is 11.3 Å². The first-order valence-corrected chi connectivity index (χ1v) is 12.0. The number of nitrogens with zero attached hydrogens (tertiary/aromatic N) is 1. The third-order valence-electron chi connectivity index (χ3n) is 4.94. The summed E-state index contributed by atoms with van der Waals surface area (Å²) >= 11 is 6.12. The zero-order valence-electron chi connectivity index (χ0n) is 18.3. The SMILES string of the molecule is COc1cc(NC(=O)CN(CCc2ccccc2)S(=O)(=O)c2ccccc2)c(OC)cc1Cl. The van der Waals surface area contributed by atoms with Crippen LogP contribution in [0.2, 0.25) is 5.02 Å². The van der Waals surface area contributed by atoms with Gasteiger partial charge in [-0.15, -0.1) is 0 Å². The van der Waals surface area contributed by atoms with Crippen LogP contribution in [0, 0.1) is 0 Å². The van der Waals surface area contributed by atoms with Gasteiger partial charge in [-0.05, 0) is 24.1 Å². The number of ether oxygens (including phenoxy) is 2. The summed E-state index contributed by atoms with van der Waals surface area (Å²) in [6.45, 7) is -0.242. The van der Waals surface area contributed by atoms with Crippen LogP contribution in [0.4, 0.5) is 5.69 Å². The zero-order chi connectivity index (χ0) is 23.8. The van der Waals surface area contributed by atoms with Gasteiger partial charge in [-0.2, -0.15) is 4.31 Å². The maximum Gasteiger partial charge on any atom is 0.243 e. The van der Waals surface area contributed by atoms with Crippen LogP contribution in [0.5, 0.6) is 11.5 Å². The lowest BCUT2D eigenvalue weighted by molar-refractivity contribution is -0.116. The van der Waals surface area contributed by atoms with E-state index in [4.69, 9.17) is 21.1 Å². The summed E-state index contributed by atoms with van der Waals surface area (Å²) in [7, 11) is -0.999. The Labute approximate surface area is 198 Å². The van der Waals surface area contributed by atoms with E-state index in [-0.39, 0.29) is 18.0 Å². The van der Waals surface area contributed by atoms with Gasteiger partial charge in [0.1, 0.15) is 11.5 Å². The summed E-state index contributed by atoms with van der Waals surface area (Å²) in [5, 5.41) is 3.03. The zero-order valence-corrected chi connectivity index (χ0v) is 19.9. The molecule has 1 N–H and O–H groups in total. The Balaban J connectivity index is 1.84. The number of methoxy groups -OCH3 is 2. The molecule has 0 atom stereocenters. The molecule has 0 saturated carbocycles. The molecule has 7 nitrogen and oxygen atoms in total. The number of benzene rings is 3. The number of nitrogens with one attached hydrogen (secondary N) is 1. The van der Waals surface area contributed by atoms with Gasteiger partial charge in [0.05, 0.1) is 36.4 Å². The number of halogens is 1. The third kappa shape index (κ3) is 6.25. The number of sulfonamides is 1. The van der Waals surface area contributed by atoms with Gasteiger partial charge in [0.2, 0.25) is 15.9 Å². The van der Waals surface area contributed by atoms with Crippen molar-refractivity contribution in [1.82, 2.24) is 4.31 Å². The minimum Gasteiger partial charge on any atom is -0.495 e. The predicted octanol–water partition coefficient (Wildman–Crippen LogP) is 4.23. The van der Waals surface area contributed by atoms with E-state index in [2.05, 4.69) is 5.32 Å². The summed E-state index contributed by atoms with van der Waals surface area (Å²) in [6.07, 6.45) is 0.457. The van der Waals surface area contributed by atoms with Crippen molar-refractivity contribution < 1.29 is 22.7 Å². The topological polar surface area (TPSA) is 84.9 Å². The molecule has 0 heterocycles. The van der Waals surface area contributed by atoms with E-state index in [0.29, 0.717) is 28.6 Å². The Kier molecular flexibility index (Phi) is 8.32. The molecule has 0 radical (unpaired) electrons. The second kappa shape index (κ2) is 11.2. The predicted molar refractivity (Wildman–Crippen MR) is 129 cm³/mol. The van der Waals surface area contributed by atoms with Gasteiger partial charge < -0.3 is 14.8 Å². The first-order chi connectivity index (χ1) is 15.8. The van der Waals surface area contributed by atoms with Crippen LogP contribution >= 0.6 is 11.6 Å². The number of carbonyl (C=O) groups excluding carboxylic acids is 1. The van der Waals surface area contributed by atoms with Crippen molar-refractivity contribution in [3.05, 3.63) is 83.4 Å². The Morgan fingerprint density at radius 3 is 2.15 bits per heavy atom. The van der Waals surface area contributed by atoms with Crippen molar-refractivity contribution in [2.24, 2.45) is 0 Å². The molecule has 0 bridgehead atoms. The van der Waals surface area contributed by atoms with Crippen molar-refractivity contribution in [3.63, 3.8) is 0 Å². The number of anilines is 1. The average Bonchev–Trinajstić information content (AvgIpc) is 2.83. The highest BCUT2D eigenvalue weighted by Gasteiger charge is 2.27. The molecule has 0 aliphatic rings. The minimum atomic E-state index is -3.90. The molecule has 174 valence electrons. The lowest BCUT2D eigenvalue weighted by Crippen LogP contribution is -2.39. The van der Waals surface area contributed by atoms with Crippen LogP contribution < -0.4 is 14.8 Å². The van der Waals surface area contributed by atoms with E-state index in [1.54, 1.807) is 18.2 Å². The van der Waals surface area contributed by atoms with Crippen molar-refractivity contribution in [2.75, 3.05) is 32.6 Å². The molecule has 0 aliphatic heterocycles. The molecule has 0 aliphatic carbocycles. The molecule has 3 aromatic carbocycles. The Bertz CT molecular complexity index is 1190. The lowest BCUT2D eigenvalue weighted by atomic mass is 10.1. The lowest BCUT2D eigenvalue weighted by Gasteiger charge is -2.22. The molecule has 9 heteroatoms. The van der Waals surface area contributed by atoms with E-state index in [0.717, 1.165) is 5.56 Å². The normalized spacial score (nSPS) is 11.3. The van der Waals surface area contributed by atoms with Gasteiger partial charge in [-0.3, -0.25) is 4.79 Å². The monoisotopic (exact) mass is 488 g/mol. The number of hydrogen-bond donors (Lipinski definition) is 1. The van der Waals surface area contributed by atoms with Crippen LogP contribution in [-0.4, -0.2) is 45.9 Å². The fraction of sp³-hybridized carbons (Fsp3) is 0.208. The highest BCUT2D eigenvalue weighted by atomic mass is 35.5. The van der Waals surface area contributed by atoms with Gasteiger partial charge in [0.15, 0.2) is 0 Å². The van der Waals surface area contributed by atoms with Gasteiger partial charge >= 0.3 is 0 Å². The summed E-state index contributed by atoms with van der Waals surface area (Å²) in [5.41, 5.74) is 1.29. The summed E-state index contributed by atoms with van der Waals surface area (Å²) < 4.78 is 38.2. The van der Waals surface area contributed by atoms with Gasteiger partial charge in [0.25, 0.3) is 0 Å². The van der Waals surface area contributed by atoms with E-state index in [1.165, 1.54) is 42.8 Å². The van der Waals surface area contributed by atoms with Gasteiger partial charge in [-0.1, -0.05) is 60.1 Å². The minimum absolute atomic E-state index is 0.122. The van der Waals surface area contributed by atoms with E-state index >= 15 is 0 Å². The second-order valence-corrected chi connectivity index (χ2v) is 9.47. The Morgan fingerprint density at radius 2 is 1.55 bits per heavy atom. The van der Waals surface area contributed by atoms with E-state index < -0.39 is 15.9 Å². The van der Waals surface area contributed by atoms with Crippen LogP contribution in [0.25, 0.3) is 0 Å². The number of rotatable bonds is 10. The molecule has 3 rings (SSSR count). The van der Waals surface area contributed by atoms with Crippen molar-refractivity contribution >= 4 is 33.2 Å². The first kappa shape index (κ1) is 24.6. The number of hydrogen-bond acceptors (Lipinski definition) is 5. The molecule has 0 saturated heterocycles. The fourth-order valence-corrected chi connectivity index (χ4v) is 4.88. The molecule has 0 fully saturated rings. The molecule has 0 unspecified atom stereocenters. The van der Waals surface area contributed by atoms with Gasteiger partial charge in [-0.25, -0.2) is 8.42 Å². The number of carbonyl (C=O) groups is 1. The maximum absolute atomic E-state index is 13.3. The highest BCUT2D eigenvalue weighted by molar-refractivity contribution is 7.89. The van der Waals surface area contributed by atoms with Crippen LogP contribution in [-0.2, 0) is 21.2 Å². The fourth-order valence-electron chi connectivity index (χ4n) is 3.23.